The molecular formula is C12H20O. The molecule has 1 heteroatoms. The average Bonchev–Trinajstić information content (AvgIpc) is 2.33. The van der Waals surface area contributed by atoms with Crippen molar-refractivity contribution in [2.45, 2.75) is 51.0 Å². The normalized spacial score (nSPS) is 59.5. The summed E-state index contributed by atoms with van der Waals surface area (Å²) in [5, 5.41) is 10.5. The van der Waals surface area contributed by atoms with Gasteiger partial charge in [-0.2, -0.15) is 0 Å². The summed E-state index contributed by atoms with van der Waals surface area (Å²) in [6, 6.07) is 0. The van der Waals surface area contributed by atoms with Gasteiger partial charge in [0.05, 0.1) is 5.60 Å². The van der Waals surface area contributed by atoms with E-state index < -0.39 is 0 Å². The smallest absolute Gasteiger partial charge is 0.0681 e. The summed E-state index contributed by atoms with van der Waals surface area (Å²) < 4.78 is 0. The Morgan fingerprint density at radius 3 is 2.08 bits per heavy atom. The number of hydrogen-bond acceptors (Lipinski definition) is 1. The first-order valence-electron chi connectivity index (χ1n) is 5.92. The molecule has 0 spiro atoms. The zero-order chi connectivity index (χ0) is 9.05. The molecule has 0 radical (unpaired) electrons. The van der Waals surface area contributed by atoms with Gasteiger partial charge in [0.25, 0.3) is 0 Å². The van der Waals surface area contributed by atoms with Crippen molar-refractivity contribution in [1.82, 2.24) is 0 Å². The van der Waals surface area contributed by atoms with E-state index >= 15 is 0 Å². The molecule has 5 atom stereocenters. The minimum atomic E-state index is -0.298. The molecule has 0 aromatic carbocycles. The van der Waals surface area contributed by atoms with Crippen LogP contribution in [0.2, 0.25) is 0 Å². The second kappa shape index (κ2) is 2.50. The highest BCUT2D eigenvalue weighted by molar-refractivity contribution is 5.06. The lowest BCUT2D eigenvalue weighted by molar-refractivity contribution is -0.105. The third kappa shape index (κ3) is 0.971. The maximum atomic E-state index is 10.5. The van der Waals surface area contributed by atoms with Crippen LogP contribution in [0.15, 0.2) is 0 Å². The van der Waals surface area contributed by atoms with Crippen LogP contribution in [0.4, 0.5) is 0 Å². The van der Waals surface area contributed by atoms with Crippen LogP contribution < -0.4 is 0 Å². The van der Waals surface area contributed by atoms with Crippen LogP contribution in [-0.4, -0.2) is 10.7 Å². The quantitative estimate of drug-likeness (QED) is 0.607. The van der Waals surface area contributed by atoms with E-state index in [0.717, 1.165) is 11.8 Å². The fraction of sp³-hybridized carbons (Fsp3) is 1.00. The van der Waals surface area contributed by atoms with Crippen molar-refractivity contribution < 1.29 is 5.11 Å². The molecule has 3 rings (SSSR count). The molecule has 74 valence electrons. The highest BCUT2D eigenvalue weighted by Crippen LogP contribution is 2.58. The van der Waals surface area contributed by atoms with E-state index in [1.165, 1.54) is 38.5 Å². The summed E-state index contributed by atoms with van der Waals surface area (Å²) in [5.74, 6) is 3.03. The van der Waals surface area contributed by atoms with Crippen LogP contribution in [0.3, 0.4) is 0 Å². The Kier molecular flexibility index (Phi) is 1.59. The van der Waals surface area contributed by atoms with Gasteiger partial charge < -0.3 is 5.11 Å². The Labute approximate surface area is 80.5 Å². The van der Waals surface area contributed by atoms with Crippen LogP contribution in [0.1, 0.15) is 45.4 Å². The Balaban J connectivity index is 1.97. The topological polar surface area (TPSA) is 20.2 Å². The van der Waals surface area contributed by atoms with Gasteiger partial charge in [0.15, 0.2) is 0 Å². The molecule has 3 aliphatic rings. The van der Waals surface area contributed by atoms with E-state index in [1.54, 1.807) is 0 Å². The first kappa shape index (κ1) is 8.28. The van der Waals surface area contributed by atoms with Crippen molar-refractivity contribution in [2.75, 3.05) is 0 Å². The zero-order valence-electron chi connectivity index (χ0n) is 8.50. The first-order chi connectivity index (χ1) is 6.19. The highest BCUT2D eigenvalue weighted by atomic mass is 16.3. The highest BCUT2D eigenvalue weighted by Gasteiger charge is 2.56. The van der Waals surface area contributed by atoms with Crippen LogP contribution in [0.5, 0.6) is 0 Å². The molecule has 0 aromatic rings. The lowest BCUT2D eigenvalue weighted by Crippen LogP contribution is -2.49. The molecule has 0 aliphatic heterocycles. The summed E-state index contributed by atoms with van der Waals surface area (Å²) in [4.78, 5) is 0. The molecular weight excluding hydrogens is 160 g/mol. The van der Waals surface area contributed by atoms with Gasteiger partial charge in [0.2, 0.25) is 0 Å². The van der Waals surface area contributed by atoms with Gasteiger partial charge in [-0.1, -0.05) is 19.3 Å². The van der Waals surface area contributed by atoms with Crippen molar-refractivity contribution in [3.63, 3.8) is 0 Å². The third-order valence-corrected chi connectivity index (χ3v) is 5.18. The number of rotatable bonds is 0. The molecule has 0 aromatic heterocycles. The van der Waals surface area contributed by atoms with Gasteiger partial charge in [-0.05, 0) is 49.9 Å². The number of hydrogen-bond donors (Lipinski definition) is 1. The fourth-order valence-electron chi connectivity index (χ4n) is 4.64. The average molecular weight is 180 g/mol. The van der Waals surface area contributed by atoms with E-state index in [0.29, 0.717) is 11.8 Å². The molecule has 3 aliphatic carbocycles. The van der Waals surface area contributed by atoms with Crippen LogP contribution in [0, 0.1) is 23.7 Å². The standard InChI is InChI=1S/C12H20O/c1-12(13)10-5-6-11(12)9-4-2-3-8(10)7-9/h8-11,13H,2-7H2,1H3/t8-,9+,10+,11-,12?. The molecule has 1 N–H and O–H groups in total. The molecule has 1 unspecified atom stereocenters. The maximum absolute atomic E-state index is 10.5. The first-order valence-corrected chi connectivity index (χ1v) is 5.92. The summed E-state index contributed by atoms with van der Waals surface area (Å²) >= 11 is 0. The minimum absolute atomic E-state index is 0.298. The number of fused-ring (bicyclic) bond motifs is 6. The van der Waals surface area contributed by atoms with Crippen LogP contribution in [-0.2, 0) is 0 Å². The Bertz CT molecular complexity index is 201. The summed E-state index contributed by atoms with van der Waals surface area (Å²) in [6.45, 7) is 2.11. The van der Waals surface area contributed by atoms with Gasteiger partial charge in [-0.15, -0.1) is 0 Å². The minimum Gasteiger partial charge on any atom is -0.390 e. The second-order valence-electron chi connectivity index (χ2n) is 5.70. The molecule has 1 nitrogen and oxygen atoms in total. The van der Waals surface area contributed by atoms with E-state index in [9.17, 15) is 5.11 Å². The van der Waals surface area contributed by atoms with E-state index in [2.05, 4.69) is 6.92 Å². The predicted octanol–water partition coefficient (Wildman–Crippen LogP) is 2.58. The molecule has 0 amide bonds. The lowest BCUT2D eigenvalue weighted by Gasteiger charge is -2.48. The molecule has 0 saturated heterocycles. The zero-order valence-corrected chi connectivity index (χ0v) is 8.50. The monoisotopic (exact) mass is 180 g/mol. The molecule has 3 saturated carbocycles. The predicted molar refractivity (Wildman–Crippen MR) is 52.3 cm³/mol. The maximum Gasteiger partial charge on any atom is 0.0681 e. The van der Waals surface area contributed by atoms with Crippen molar-refractivity contribution in [1.29, 1.82) is 0 Å². The molecule has 0 heterocycles. The molecule has 3 fully saturated rings. The van der Waals surface area contributed by atoms with E-state index in [-0.39, 0.29) is 5.60 Å². The van der Waals surface area contributed by atoms with E-state index in [1.807, 2.05) is 0 Å². The van der Waals surface area contributed by atoms with E-state index in [4.69, 9.17) is 0 Å². The van der Waals surface area contributed by atoms with Gasteiger partial charge in [0, 0.05) is 0 Å². The Morgan fingerprint density at radius 1 is 1.00 bits per heavy atom. The number of aliphatic hydroxyl groups is 1. The van der Waals surface area contributed by atoms with Crippen molar-refractivity contribution >= 4 is 0 Å². The van der Waals surface area contributed by atoms with Gasteiger partial charge in [-0.3, -0.25) is 0 Å². The Hall–Kier alpha value is -0.0400. The summed E-state index contributed by atoms with van der Waals surface area (Å²) in [7, 11) is 0. The fourth-order valence-corrected chi connectivity index (χ4v) is 4.64. The third-order valence-electron chi connectivity index (χ3n) is 5.18. The van der Waals surface area contributed by atoms with Gasteiger partial charge >= 0.3 is 0 Å². The largest absolute Gasteiger partial charge is 0.390 e. The van der Waals surface area contributed by atoms with Crippen molar-refractivity contribution in [3.8, 4) is 0 Å². The van der Waals surface area contributed by atoms with Crippen molar-refractivity contribution in [2.24, 2.45) is 23.7 Å². The molecule has 13 heavy (non-hydrogen) atoms. The summed E-state index contributed by atoms with van der Waals surface area (Å²) in [5.41, 5.74) is -0.298. The Morgan fingerprint density at radius 2 is 1.54 bits per heavy atom. The van der Waals surface area contributed by atoms with Crippen LogP contribution in [0.25, 0.3) is 0 Å². The lowest BCUT2D eigenvalue weighted by atomic mass is 9.60. The second-order valence-corrected chi connectivity index (χ2v) is 5.70. The van der Waals surface area contributed by atoms with Gasteiger partial charge in [-0.25, -0.2) is 0 Å². The van der Waals surface area contributed by atoms with Gasteiger partial charge in [0.1, 0.15) is 0 Å². The summed E-state index contributed by atoms with van der Waals surface area (Å²) in [6.07, 6.45) is 8.26. The molecule has 4 bridgehead atoms. The van der Waals surface area contributed by atoms with Crippen molar-refractivity contribution in [3.05, 3.63) is 0 Å². The SMILES string of the molecule is CC1(O)[C@@H]2CC[C@H]1[C@@H]1CCC[C@H]2C1. The van der Waals surface area contributed by atoms with Crippen LogP contribution >= 0.6 is 0 Å².